The van der Waals surface area contributed by atoms with Crippen LogP contribution in [0.4, 0.5) is 13.2 Å². The van der Waals surface area contributed by atoms with Gasteiger partial charge in [-0.1, -0.05) is 69.6 Å². The quantitative estimate of drug-likeness (QED) is 0.276. The van der Waals surface area contributed by atoms with Gasteiger partial charge in [0.15, 0.2) is 0 Å². The monoisotopic (exact) mass is 434 g/mol. The van der Waals surface area contributed by atoms with Crippen molar-refractivity contribution in [1.29, 1.82) is 0 Å². The summed E-state index contributed by atoms with van der Waals surface area (Å²) in [5.74, 6) is 2.24. The van der Waals surface area contributed by atoms with Crippen molar-refractivity contribution < 1.29 is 22.1 Å². The number of rotatable bonds is 14. The second kappa shape index (κ2) is 13.2. The summed E-state index contributed by atoms with van der Waals surface area (Å²) in [5, 5.41) is 0. The van der Waals surface area contributed by atoms with E-state index in [0.29, 0.717) is 0 Å². The Morgan fingerprint density at radius 3 is 1.55 bits per heavy atom. The molecule has 0 N–H and O–H groups in total. The van der Waals surface area contributed by atoms with E-state index in [9.17, 15) is 18.0 Å². The van der Waals surface area contributed by atoms with Crippen LogP contribution >= 0.6 is 10.3 Å². The van der Waals surface area contributed by atoms with Crippen molar-refractivity contribution >= 4 is 16.3 Å². The van der Waals surface area contributed by atoms with Crippen LogP contribution in [0, 0.1) is 0 Å². The topological polar surface area (TPSA) is 26.3 Å². The Labute approximate surface area is 176 Å². The van der Waals surface area contributed by atoms with Gasteiger partial charge in [0.2, 0.25) is 0 Å². The first-order valence-corrected chi connectivity index (χ1v) is 13.0. The van der Waals surface area contributed by atoms with Gasteiger partial charge in [0, 0.05) is 17.3 Å². The molecule has 0 radical (unpaired) electrons. The van der Waals surface area contributed by atoms with Crippen LogP contribution in [0.5, 0.6) is 0 Å². The standard InChI is InChI=1S/C23H37F3O2S/c1-4-7-10-17-29(18-11-8-5-2,19-12-9-6-3)28-22(27)20-13-15-21(16-14-20)23(24,25)26/h13-16H,4-12,17-19H2,1-3H3. The van der Waals surface area contributed by atoms with Crippen molar-refractivity contribution in [3.63, 3.8) is 0 Å². The number of carbonyl (C=O) groups is 1. The molecule has 0 aliphatic heterocycles. The molecule has 0 aliphatic rings. The fraction of sp³-hybridized carbons (Fsp3) is 0.696. The third-order valence-electron chi connectivity index (χ3n) is 5.06. The summed E-state index contributed by atoms with van der Waals surface area (Å²) >= 11 is 0. The van der Waals surface area contributed by atoms with Crippen molar-refractivity contribution in [3.05, 3.63) is 35.4 Å². The summed E-state index contributed by atoms with van der Waals surface area (Å²) in [5.41, 5.74) is -0.544. The molecule has 29 heavy (non-hydrogen) atoms. The third kappa shape index (κ3) is 9.45. The molecule has 0 amide bonds. The van der Waals surface area contributed by atoms with Crippen LogP contribution in [0.2, 0.25) is 0 Å². The number of alkyl halides is 3. The molecule has 0 spiro atoms. The summed E-state index contributed by atoms with van der Waals surface area (Å²) in [4.78, 5) is 12.8. The van der Waals surface area contributed by atoms with Crippen LogP contribution in [0.25, 0.3) is 0 Å². The summed E-state index contributed by atoms with van der Waals surface area (Å²) in [6.07, 6.45) is 5.32. The number of carbonyl (C=O) groups excluding carboxylic acids is 1. The summed E-state index contributed by atoms with van der Waals surface area (Å²) in [6.45, 7) is 6.46. The minimum absolute atomic E-state index is 0.205. The number of halogens is 3. The van der Waals surface area contributed by atoms with Gasteiger partial charge in [-0.2, -0.15) is 13.2 Å². The zero-order valence-electron chi connectivity index (χ0n) is 18.2. The molecule has 2 nitrogen and oxygen atoms in total. The van der Waals surface area contributed by atoms with E-state index in [-0.39, 0.29) is 5.56 Å². The first-order chi connectivity index (χ1) is 13.8. The van der Waals surface area contributed by atoms with E-state index in [1.54, 1.807) is 0 Å². The highest BCUT2D eigenvalue weighted by Crippen LogP contribution is 2.52. The maximum absolute atomic E-state index is 12.8. The highest BCUT2D eigenvalue weighted by Gasteiger charge is 2.31. The Bertz CT molecular complexity index is 558. The Morgan fingerprint density at radius 1 is 0.793 bits per heavy atom. The van der Waals surface area contributed by atoms with E-state index in [1.807, 2.05) is 0 Å². The van der Waals surface area contributed by atoms with Crippen LogP contribution in [0.3, 0.4) is 0 Å². The molecule has 0 fully saturated rings. The zero-order valence-corrected chi connectivity index (χ0v) is 19.0. The first-order valence-electron chi connectivity index (χ1n) is 11.0. The van der Waals surface area contributed by atoms with Gasteiger partial charge < -0.3 is 4.18 Å². The molecule has 0 heterocycles. The van der Waals surface area contributed by atoms with E-state index in [0.717, 1.165) is 87.2 Å². The van der Waals surface area contributed by atoms with Crippen LogP contribution in [-0.2, 0) is 10.4 Å². The van der Waals surface area contributed by atoms with Gasteiger partial charge in [-0.15, -0.1) is 0 Å². The normalized spacial score (nSPS) is 12.8. The molecule has 1 aromatic rings. The molecule has 1 rings (SSSR count). The SMILES string of the molecule is CCCCCS(CCCCC)(CCCCC)OC(=O)c1ccc(C(F)(F)F)cc1. The number of benzene rings is 1. The lowest BCUT2D eigenvalue weighted by Gasteiger charge is -2.39. The van der Waals surface area contributed by atoms with Gasteiger partial charge in [-0.3, -0.25) is 0 Å². The largest absolute Gasteiger partial charge is 0.416 e. The highest BCUT2D eigenvalue weighted by molar-refractivity contribution is 8.30. The molecular weight excluding hydrogens is 397 g/mol. The lowest BCUT2D eigenvalue weighted by molar-refractivity contribution is -0.137. The van der Waals surface area contributed by atoms with E-state index < -0.39 is 28.0 Å². The maximum atomic E-state index is 12.8. The van der Waals surface area contributed by atoms with Crippen molar-refractivity contribution in [2.45, 2.75) is 84.7 Å². The average Bonchev–Trinajstić information content (AvgIpc) is 2.68. The van der Waals surface area contributed by atoms with Gasteiger partial charge in [-0.05, 0) is 43.5 Å². The molecule has 0 saturated heterocycles. The number of unbranched alkanes of at least 4 members (excludes halogenated alkanes) is 6. The van der Waals surface area contributed by atoms with Gasteiger partial charge in [-0.25, -0.2) is 4.79 Å². The molecule has 6 heteroatoms. The van der Waals surface area contributed by atoms with Crippen molar-refractivity contribution in [2.24, 2.45) is 0 Å². The molecular formula is C23H37F3O2S. The first kappa shape index (κ1) is 25.9. The van der Waals surface area contributed by atoms with Gasteiger partial charge in [0.05, 0.1) is 11.1 Å². The molecule has 168 valence electrons. The lowest BCUT2D eigenvalue weighted by Crippen LogP contribution is -2.21. The smallest absolute Gasteiger partial charge is 0.412 e. The van der Waals surface area contributed by atoms with Crippen LogP contribution in [-0.4, -0.2) is 23.2 Å². The van der Waals surface area contributed by atoms with Crippen LogP contribution in [0.1, 0.15) is 94.5 Å². The van der Waals surface area contributed by atoms with E-state index in [1.165, 1.54) is 12.1 Å². The Balaban J connectivity index is 2.99. The molecule has 0 bridgehead atoms. The molecule has 0 aromatic heterocycles. The zero-order chi connectivity index (χ0) is 21.8. The van der Waals surface area contributed by atoms with Gasteiger partial charge in [0.25, 0.3) is 0 Å². The predicted octanol–water partition coefficient (Wildman–Crippen LogP) is 8.15. The fourth-order valence-corrected chi connectivity index (χ4v) is 6.75. The second-order valence-corrected chi connectivity index (χ2v) is 11.0. The van der Waals surface area contributed by atoms with Crippen LogP contribution < -0.4 is 0 Å². The van der Waals surface area contributed by atoms with Crippen LogP contribution in [0.15, 0.2) is 24.3 Å². The predicted molar refractivity (Wildman–Crippen MR) is 118 cm³/mol. The molecule has 0 aliphatic carbocycles. The number of hydrogen-bond donors (Lipinski definition) is 0. The average molecular weight is 435 g/mol. The molecule has 0 saturated carbocycles. The Kier molecular flexibility index (Phi) is 11.8. The summed E-state index contributed by atoms with van der Waals surface area (Å²) < 4.78 is 44.5. The Morgan fingerprint density at radius 2 is 1.21 bits per heavy atom. The molecule has 1 aromatic carbocycles. The maximum Gasteiger partial charge on any atom is 0.416 e. The van der Waals surface area contributed by atoms with E-state index in [4.69, 9.17) is 4.18 Å². The van der Waals surface area contributed by atoms with E-state index >= 15 is 0 Å². The molecule has 0 unspecified atom stereocenters. The summed E-state index contributed by atoms with van der Waals surface area (Å²) in [6, 6.07) is 4.39. The van der Waals surface area contributed by atoms with Gasteiger partial charge in [0.1, 0.15) is 0 Å². The van der Waals surface area contributed by atoms with Crippen molar-refractivity contribution in [1.82, 2.24) is 0 Å². The minimum atomic E-state index is -4.40. The van der Waals surface area contributed by atoms with Crippen molar-refractivity contribution in [3.8, 4) is 0 Å². The summed E-state index contributed by atoms with van der Waals surface area (Å²) in [7, 11) is -1.57. The minimum Gasteiger partial charge on any atom is -0.412 e. The third-order valence-corrected chi connectivity index (χ3v) is 8.66. The fourth-order valence-electron chi connectivity index (χ4n) is 3.28. The van der Waals surface area contributed by atoms with E-state index in [2.05, 4.69) is 20.8 Å². The second-order valence-electron chi connectivity index (χ2n) is 7.65. The lowest BCUT2D eigenvalue weighted by atomic mass is 10.1. The van der Waals surface area contributed by atoms with Crippen molar-refractivity contribution in [2.75, 3.05) is 17.3 Å². The van der Waals surface area contributed by atoms with Gasteiger partial charge >= 0.3 is 12.1 Å². The Hall–Kier alpha value is -1.17. The molecule has 0 atom stereocenters. The number of hydrogen-bond acceptors (Lipinski definition) is 2. The highest BCUT2D eigenvalue weighted by atomic mass is 32.3.